The topological polar surface area (TPSA) is 63.7 Å². The maximum atomic E-state index is 12.8. The number of aromatic nitrogens is 2. The minimum atomic E-state index is -0.171. The molecule has 0 aliphatic rings. The summed E-state index contributed by atoms with van der Waals surface area (Å²) < 4.78 is 4.07. The van der Waals surface area contributed by atoms with Crippen molar-refractivity contribution in [1.29, 1.82) is 0 Å². The Kier molecular flexibility index (Phi) is 9.61. The number of halogens is 2. The summed E-state index contributed by atoms with van der Waals surface area (Å²) in [6.07, 6.45) is 5.99. The highest BCUT2D eigenvalue weighted by atomic mass is 79.9. The first kappa shape index (κ1) is 28.8. The fraction of sp³-hybridized carbons (Fsp3) is 0.100. The molecule has 0 spiro atoms. The molecule has 38 heavy (non-hydrogen) atoms. The van der Waals surface area contributed by atoms with Crippen LogP contribution in [-0.2, 0) is 14.1 Å². The van der Waals surface area contributed by atoms with Crippen LogP contribution in [0.1, 0.15) is 15.9 Å². The lowest BCUT2D eigenvalue weighted by atomic mass is 10.1. The number of hydrogen-bond acceptors (Lipinski definition) is 3. The zero-order valence-electron chi connectivity index (χ0n) is 21.3. The molecule has 0 saturated heterocycles. The molecule has 5 rings (SSSR count). The highest BCUT2D eigenvalue weighted by molar-refractivity contribution is 8.93. The second-order valence-corrected chi connectivity index (χ2v) is 8.78. The summed E-state index contributed by atoms with van der Waals surface area (Å²) >= 11 is 0. The van der Waals surface area contributed by atoms with Crippen molar-refractivity contribution < 1.29 is 4.79 Å². The van der Waals surface area contributed by atoms with E-state index in [0.717, 1.165) is 38.6 Å². The number of rotatable bonds is 4. The fourth-order valence-corrected chi connectivity index (χ4v) is 4.12. The van der Waals surface area contributed by atoms with Crippen molar-refractivity contribution in [3.8, 4) is 0 Å². The lowest BCUT2D eigenvalue weighted by molar-refractivity contribution is 0.102. The highest BCUT2D eigenvalue weighted by Crippen LogP contribution is 2.19. The van der Waals surface area contributed by atoms with Crippen LogP contribution in [0.15, 0.2) is 114 Å². The third kappa shape index (κ3) is 6.57. The van der Waals surface area contributed by atoms with E-state index in [1.807, 2.05) is 91.7 Å². The van der Waals surface area contributed by atoms with Crippen molar-refractivity contribution in [3.63, 3.8) is 0 Å². The predicted octanol–water partition coefficient (Wildman–Crippen LogP) is 6.70. The van der Waals surface area contributed by atoms with Crippen molar-refractivity contribution in [2.24, 2.45) is 24.1 Å². The van der Waals surface area contributed by atoms with E-state index in [1.54, 1.807) is 12.1 Å². The number of nitrogens with zero attached hydrogens (tertiary/aromatic N) is 4. The van der Waals surface area contributed by atoms with Gasteiger partial charge in [-0.2, -0.15) is 0 Å². The highest BCUT2D eigenvalue weighted by Gasteiger charge is 2.07. The van der Waals surface area contributed by atoms with E-state index in [9.17, 15) is 4.79 Å². The van der Waals surface area contributed by atoms with Crippen LogP contribution in [0.3, 0.4) is 0 Å². The van der Waals surface area contributed by atoms with Gasteiger partial charge in [-0.1, -0.05) is 18.2 Å². The standard InChI is InChI=1S/C30H27N5O.2BrH/c1-21-20-35(3)28-7-5-4-6-27(28)29(21)32-24-10-8-22(9-11-24)30(36)33-25-14-12-23(13-15-25)31-26-16-18-34(2)19-17-26;;/h4-20H,1-3H3,(H,33,36);2*1H. The third-order valence-corrected chi connectivity index (χ3v) is 6.01. The Hall–Kier alpha value is -3.75. The molecule has 1 N–H and O–H groups in total. The van der Waals surface area contributed by atoms with Gasteiger partial charge < -0.3 is 14.5 Å². The Morgan fingerprint density at radius 2 is 1.37 bits per heavy atom. The van der Waals surface area contributed by atoms with Crippen LogP contribution in [0, 0.1) is 6.92 Å². The number of benzene rings is 3. The van der Waals surface area contributed by atoms with E-state index in [1.165, 1.54) is 0 Å². The van der Waals surface area contributed by atoms with Crippen molar-refractivity contribution >= 4 is 67.8 Å². The molecule has 1 amide bonds. The SMILES string of the molecule is Br.Br.Cc1cn(C)c2ccccc2c1=Nc1ccc(C(=O)Nc2ccc(N=c3ccn(C)cc3)cc2)cc1. The van der Waals surface area contributed by atoms with Gasteiger partial charge in [0, 0.05) is 54.8 Å². The van der Waals surface area contributed by atoms with Gasteiger partial charge in [0.2, 0.25) is 0 Å². The van der Waals surface area contributed by atoms with Gasteiger partial charge in [0.1, 0.15) is 0 Å². The Labute approximate surface area is 242 Å². The molecule has 6 nitrogen and oxygen atoms in total. The van der Waals surface area contributed by atoms with Crippen molar-refractivity contribution in [3.05, 3.63) is 125 Å². The quantitative estimate of drug-likeness (QED) is 0.235. The molecule has 0 atom stereocenters. The zero-order chi connectivity index (χ0) is 25.1. The molecule has 5 aromatic rings. The van der Waals surface area contributed by atoms with Gasteiger partial charge in [0.15, 0.2) is 0 Å². The van der Waals surface area contributed by atoms with Gasteiger partial charge in [0.05, 0.1) is 22.1 Å². The molecule has 0 aliphatic carbocycles. The van der Waals surface area contributed by atoms with E-state index in [0.29, 0.717) is 11.3 Å². The Bertz CT molecular complexity index is 1680. The van der Waals surface area contributed by atoms with Gasteiger partial charge in [-0.3, -0.25) is 4.79 Å². The van der Waals surface area contributed by atoms with Gasteiger partial charge in [0.25, 0.3) is 5.91 Å². The van der Waals surface area contributed by atoms with Gasteiger partial charge >= 0.3 is 0 Å². The van der Waals surface area contributed by atoms with Crippen molar-refractivity contribution in [2.75, 3.05) is 5.32 Å². The second kappa shape index (κ2) is 12.7. The van der Waals surface area contributed by atoms with Gasteiger partial charge in [-0.25, -0.2) is 9.98 Å². The van der Waals surface area contributed by atoms with Gasteiger partial charge in [-0.15, -0.1) is 34.0 Å². The van der Waals surface area contributed by atoms with Crippen LogP contribution >= 0.6 is 34.0 Å². The van der Waals surface area contributed by atoms with Crippen LogP contribution in [0.25, 0.3) is 10.9 Å². The molecule has 194 valence electrons. The minimum absolute atomic E-state index is 0. The summed E-state index contributed by atoms with van der Waals surface area (Å²) in [6.45, 7) is 2.06. The van der Waals surface area contributed by atoms with Crippen LogP contribution in [0.5, 0.6) is 0 Å². The number of carbonyl (C=O) groups excluding carboxylic acids is 1. The number of para-hydroxylation sites is 1. The van der Waals surface area contributed by atoms with Crippen LogP contribution in [0.4, 0.5) is 17.1 Å². The number of hydrogen-bond donors (Lipinski definition) is 1. The normalized spacial score (nSPS) is 10.9. The van der Waals surface area contributed by atoms with E-state index >= 15 is 0 Å². The van der Waals surface area contributed by atoms with Crippen LogP contribution < -0.4 is 16.0 Å². The Morgan fingerprint density at radius 1 is 0.763 bits per heavy atom. The summed E-state index contributed by atoms with van der Waals surface area (Å²) in [6, 6.07) is 27.0. The second-order valence-electron chi connectivity index (χ2n) is 8.78. The van der Waals surface area contributed by atoms with E-state index in [4.69, 9.17) is 4.99 Å². The summed E-state index contributed by atoms with van der Waals surface area (Å²) in [5.74, 6) is -0.171. The molecule has 0 fully saturated rings. The Morgan fingerprint density at radius 3 is 2.05 bits per heavy atom. The van der Waals surface area contributed by atoms with Gasteiger partial charge in [-0.05, 0) is 79.2 Å². The lowest BCUT2D eigenvalue weighted by Crippen LogP contribution is -2.12. The molecular weight excluding hydrogens is 606 g/mol. The van der Waals surface area contributed by atoms with E-state index in [-0.39, 0.29) is 39.9 Å². The first-order chi connectivity index (χ1) is 17.5. The summed E-state index contributed by atoms with van der Waals surface area (Å²) in [5.41, 5.74) is 5.12. The maximum Gasteiger partial charge on any atom is 0.255 e. The number of anilines is 1. The number of nitrogens with one attached hydrogen (secondary N) is 1. The number of fused-ring (bicyclic) bond motifs is 1. The maximum absolute atomic E-state index is 12.8. The Balaban J connectivity index is 0.00000200. The molecule has 3 aromatic carbocycles. The van der Waals surface area contributed by atoms with E-state index in [2.05, 4.69) is 40.1 Å². The number of amides is 1. The van der Waals surface area contributed by atoms with E-state index < -0.39 is 0 Å². The largest absolute Gasteiger partial charge is 0.357 e. The predicted molar refractivity (Wildman–Crippen MR) is 165 cm³/mol. The van der Waals surface area contributed by atoms with Crippen molar-refractivity contribution in [2.45, 2.75) is 6.92 Å². The van der Waals surface area contributed by atoms with Crippen LogP contribution in [-0.4, -0.2) is 15.0 Å². The molecule has 0 bridgehead atoms. The average Bonchev–Trinajstić information content (AvgIpc) is 2.89. The lowest BCUT2D eigenvalue weighted by Gasteiger charge is -2.09. The molecule has 0 unspecified atom stereocenters. The molecule has 2 heterocycles. The van der Waals surface area contributed by atoms with Crippen molar-refractivity contribution in [1.82, 2.24) is 9.13 Å². The minimum Gasteiger partial charge on any atom is -0.357 e. The molecule has 0 radical (unpaired) electrons. The number of pyridine rings is 2. The fourth-order valence-electron chi connectivity index (χ4n) is 4.12. The summed E-state index contributed by atoms with van der Waals surface area (Å²) in [5, 5.41) is 5.86. The molecule has 0 saturated carbocycles. The molecule has 2 aromatic heterocycles. The number of carbonyl (C=O) groups is 1. The number of aryl methyl sites for hydroxylation is 3. The smallest absolute Gasteiger partial charge is 0.255 e. The monoisotopic (exact) mass is 633 g/mol. The summed E-state index contributed by atoms with van der Waals surface area (Å²) in [4.78, 5) is 22.3. The molecule has 8 heteroatoms. The first-order valence-electron chi connectivity index (χ1n) is 11.7. The zero-order valence-corrected chi connectivity index (χ0v) is 24.8. The first-order valence-corrected chi connectivity index (χ1v) is 11.7. The third-order valence-electron chi connectivity index (χ3n) is 6.01. The average molecular weight is 635 g/mol. The van der Waals surface area contributed by atoms with Crippen LogP contribution in [0.2, 0.25) is 0 Å². The molecular formula is C30H29Br2N5O. The molecule has 0 aliphatic heterocycles. The summed E-state index contributed by atoms with van der Waals surface area (Å²) in [7, 11) is 4.01.